The highest BCUT2D eigenvalue weighted by atomic mass is 32.1. The topological polar surface area (TPSA) is 37.3 Å². The number of fused-ring (bicyclic) bond motifs is 1. The number of nitrogens with zero attached hydrogens (tertiary/aromatic N) is 2. The zero-order valence-corrected chi connectivity index (χ0v) is 11.7. The molecule has 0 aliphatic heterocycles. The summed E-state index contributed by atoms with van der Waals surface area (Å²) >= 11 is 3.06. The molecule has 3 rings (SSSR count). The third kappa shape index (κ3) is 2.64. The van der Waals surface area contributed by atoms with Crippen molar-refractivity contribution >= 4 is 44.1 Å². The van der Waals surface area contributed by atoms with Crippen molar-refractivity contribution < 1.29 is 4.39 Å². The molecule has 3 aromatic rings. The lowest BCUT2D eigenvalue weighted by Crippen LogP contribution is -1.91. The fourth-order valence-corrected chi connectivity index (χ4v) is 3.23. The minimum absolute atomic E-state index is 0.252. The summed E-state index contributed by atoms with van der Waals surface area (Å²) < 4.78 is 14.5. The summed E-state index contributed by atoms with van der Waals surface area (Å²) in [6.45, 7) is 1.92. The minimum Gasteiger partial charge on any atom is -0.253 e. The maximum Gasteiger partial charge on any atom is 0.203 e. The first-order valence-electron chi connectivity index (χ1n) is 5.60. The van der Waals surface area contributed by atoms with Crippen molar-refractivity contribution in [3.8, 4) is 0 Å². The first kappa shape index (κ1) is 12.3. The van der Waals surface area contributed by atoms with Crippen LogP contribution in [-0.4, -0.2) is 11.2 Å². The molecule has 0 unspecified atom stereocenters. The molecule has 0 aliphatic rings. The number of anilines is 1. The predicted octanol–water partition coefficient (Wildman–Crippen LogP) is 4.25. The van der Waals surface area contributed by atoms with Gasteiger partial charge >= 0.3 is 0 Å². The number of aryl methyl sites for hydroxylation is 1. The molecule has 6 heteroatoms. The number of thiophene rings is 1. The first-order valence-corrected chi connectivity index (χ1v) is 7.36. The Morgan fingerprint density at radius 2 is 2.26 bits per heavy atom. The number of thiazole rings is 1. The standard InChI is InChI=1S/C13H10FN3S2/c1-8-7-19-13(16-8)17-15-6-10-5-11(14)4-9-2-3-18-12(9)10/h2-7H,1H3,(H,16,17). The van der Waals surface area contributed by atoms with Crippen molar-refractivity contribution in [2.24, 2.45) is 5.10 Å². The van der Waals surface area contributed by atoms with E-state index in [0.717, 1.165) is 26.5 Å². The fourth-order valence-electron chi connectivity index (χ4n) is 1.73. The van der Waals surface area contributed by atoms with Gasteiger partial charge in [-0.25, -0.2) is 9.37 Å². The molecule has 1 aromatic carbocycles. The van der Waals surface area contributed by atoms with Crippen molar-refractivity contribution in [2.75, 3.05) is 5.43 Å². The van der Waals surface area contributed by atoms with Gasteiger partial charge in [0.1, 0.15) is 5.82 Å². The van der Waals surface area contributed by atoms with Crippen LogP contribution in [0.15, 0.2) is 34.1 Å². The van der Waals surface area contributed by atoms with Crippen molar-refractivity contribution in [3.05, 3.63) is 46.0 Å². The lowest BCUT2D eigenvalue weighted by atomic mass is 10.2. The number of hydrogen-bond donors (Lipinski definition) is 1. The third-order valence-electron chi connectivity index (χ3n) is 2.53. The molecule has 19 heavy (non-hydrogen) atoms. The van der Waals surface area contributed by atoms with Crippen LogP contribution in [0, 0.1) is 12.7 Å². The van der Waals surface area contributed by atoms with Crippen LogP contribution in [0.4, 0.5) is 9.52 Å². The van der Waals surface area contributed by atoms with Gasteiger partial charge < -0.3 is 0 Å². The van der Waals surface area contributed by atoms with E-state index >= 15 is 0 Å². The van der Waals surface area contributed by atoms with Gasteiger partial charge in [0.15, 0.2) is 0 Å². The molecule has 0 atom stereocenters. The van der Waals surface area contributed by atoms with Crippen LogP contribution in [0.1, 0.15) is 11.3 Å². The van der Waals surface area contributed by atoms with Crippen molar-refractivity contribution in [2.45, 2.75) is 6.92 Å². The van der Waals surface area contributed by atoms with Crippen molar-refractivity contribution in [1.82, 2.24) is 4.98 Å². The summed E-state index contributed by atoms with van der Waals surface area (Å²) in [6, 6.07) is 4.91. The highest BCUT2D eigenvalue weighted by molar-refractivity contribution is 7.17. The first-order chi connectivity index (χ1) is 9.22. The number of rotatable bonds is 3. The summed E-state index contributed by atoms with van der Waals surface area (Å²) in [6.07, 6.45) is 1.62. The molecule has 0 saturated carbocycles. The maximum absolute atomic E-state index is 13.4. The largest absolute Gasteiger partial charge is 0.253 e. The summed E-state index contributed by atoms with van der Waals surface area (Å²) in [7, 11) is 0. The van der Waals surface area contributed by atoms with E-state index in [1.165, 1.54) is 23.5 Å². The number of hydrogen-bond acceptors (Lipinski definition) is 5. The van der Waals surface area contributed by atoms with E-state index in [2.05, 4.69) is 15.5 Å². The third-order valence-corrected chi connectivity index (χ3v) is 4.37. The number of aromatic nitrogens is 1. The molecule has 0 saturated heterocycles. The van der Waals surface area contributed by atoms with Gasteiger partial charge in [0.2, 0.25) is 5.13 Å². The van der Waals surface area contributed by atoms with E-state index in [4.69, 9.17) is 0 Å². The Labute approximate surface area is 117 Å². The molecule has 0 radical (unpaired) electrons. The molecular weight excluding hydrogens is 281 g/mol. The predicted molar refractivity (Wildman–Crippen MR) is 79.9 cm³/mol. The van der Waals surface area contributed by atoms with Gasteiger partial charge in [-0.1, -0.05) is 0 Å². The van der Waals surface area contributed by atoms with Gasteiger partial charge in [0.25, 0.3) is 0 Å². The second kappa shape index (κ2) is 5.07. The van der Waals surface area contributed by atoms with E-state index in [0.29, 0.717) is 0 Å². The zero-order chi connectivity index (χ0) is 13.2. The summed E-state index contributed by atoms with van der Waals surface area (Å²) in [5.41, 5.74) is 4.57. The van der Waals surface area contributed by atoms with Gasteiger partial charge in [0.05, 0.1) is 11.9 Å². The van der Waals surface area contributed by atoms with Crippen LogP contribution in [0.3, 0.4) is 0 Å². The smallest absolute Gasteiger partial charge is 0.203 e. The lowest BCUT2D eigenvalue weighted by Gasteiger charge is -1.98. The van der Waals surface area contributed by atoms with E-state index in [9.17, 15) is 4.39 Å². The van der Waals surface area contributed by atoms with Crippen LogP contribution in [-0.2, 0) is 0 Å². The second-order valence-electron chi connectivity index (χ2n) is 4.00. The van der Waals surface area contributed by atoms with Gasteiger partial charge in [-0.3, -0.25) is 5.43 Å². The SMILES string of the molecule is Cc1csc(NN=Cc2cc(F)cc3ccsc23)n1. The molecule has 0 spiro atoms. The van der Waals surface area contributed by atoms with Crippen LogP contribution < -0.4 is 5.43 Å². The van der Waals surface area contributed by atoms with Gasteiger partial charge in [-0.05, 0) is 35.9 Å². The number of halogens is 1. The van der Waals surface area contributed by atoms with E-state index in [1.807, 2.05) is 23.8 Å². The molecule has 2 heterocycles. The average molecular weight is 291 g/mol. The fraction of sp³-hybridized carbons (Fsp3) is 0.0769. The van der Waals surface area contributed by atoms with E-state index in [1.54, 1.807) is 17.6 Å². The second-order valence-corrected chi connectivity index (χ2v) is 5.77. The highest BCUT2D eigenvalue weighted by Gasteiger charge is 2.03. The molecule has 2 aromatic heterocycles. The Bertz CT molecular complexity index is 745. The number of nitrogens with one attached hydrogen (secondary N) is 1. The molecule has 1 N–H and O–H groups in total. The molecule has 0 bridgehead atoms. The van der Waals surface area contributed by atoms with Crippen LogP contribution >= 0.6 is 22.7 Å². The van der Waals surface area contributed by atoms with Crippen LogP contribution in [0.5, 0.6) is 0 Å². The molecule has 3 nitrogen and oxygen atoms in total. The Hall–Kier alpha value is -1.79. The zero-order valence-electron chi connectivity index (χ0n) is 10.1. The Balaban J connectivity index is 1.86. The normalized spacial score (nSPS) is 11.5. The molecule has 0 amide bonds. The Kier molecular flexibility index (Phi) is 3.27. The number of benzene rings is 1. The molecule has 0 aliphatic carbocycles. The van der Waals surface area contributed by atoms with E-state index in [-0.39, 0.29) is 5.82 Å². The molecule has 96 valence electrons. The summed E-state index contributed by atoms with van der Waals surface area (Å²) in [4.78, 5) is 4.23. The monoisotopic (exact) mass is 291 g/mol. The molecular formula is C13H10FN3S2. The Morgan fingerprint density at radius 3 is 3.05 bits per heavy atom. The molecule has 0 fully saturated rings. The maximum atomic E-state index is 13.4. The van der Waals surface area contributed by atoms with Gasteiger partial charge in [0, 0.05) is 15.6 Å². The summed E-state index contributed by atoms with van der Waals surface area (Å²) in [5.74, 6) is -0.252. The van der Waals surface area contributed by atoms with Crippen molar-refractivity contribution in [3.63, 3.8) is 0 Å². The van der Waals surface area contributed by atoms with Crippen LogP contribution in [0.25, 0.3) is 10.1 Å². The highest BCUT2D eigenvalue weighted by Crippen LogP contribution is 2.25. The van der Waals surface area contributed by atoms with Crippen molar-refractivity contribution in [1.29, 1.82) is 0 Å². The summed E-state index contributed by atoms with van der Waals surface area (Å²) in [5, 5.41) is 9.62. The average Bonchev–Trinajstić information content (AvgIpc) is 2.98. The quantitative estimate of drug-likeness (QED) is 0.578. The van der Waals surface area contributed by atoms with Gasteiger partial charge in [-0.2, -0.15) is 5.10 Å². The number of hydrazone groups is 1. The minimum atomic E-state index is -0.252. The lowest BCUT2D eigenvalue weighted by molar-refractivity contribution is 0.629. The van der Waals surface area contributed by atoms with Gasteiger partial charge in [-0.15, -0.1) is 22.7 Å². The van der Waals surface area contributed by atoms with E-state index < -0.39 is 0 Å². The van der Waals surface area contributed by atoms with Crippen LogP contribution in [0.2, 0.25) is 0 Å². The Morgan fingerprint density at radius 1 is 1.37 bits per heavy atom.